The molecular formula is C16H18N4O2S2. The summed E-state index contributed by atoms with van der Waals surface area (Å²) in [7, 11) is 3.36. The summed E-state index contributed by atoms with van der Waals surface area (Å²) in [5.41, 5.74) is 2.10. The molecule has 0 atom stereocenters. The molecule has 126 valence electrons. The van der Waals surface area contributed by atoms with Crippen LogP contribution in [0.3, 0.4) is 0 Å². The Kier molecular flexibility index (Phi) is 5.84. The molecule has 3 rings (SSSR count). The van der Waals surface area contributed by atoms with E-state index in [2.05, 4.69) is 15.6 Å². The van der Waals surface area contributed by atoms with E-state index in [0.29, 0.717) is 6.61 Å². The Morgan fingerprint density at radius 2 is 2.21 bits per heavy atom. The molecule has 0 N–H and O–H groups in total. The smallest absolute Gasteiger partial charge is 0.191 e. The van der Waals surface area contributed by atoms with E-state index < -0.39 is 0 Å². The van der Waals surface area contributed by atoms with Gasteiger partial charge in [0, 0.05) is 30.4 Å². The van der Waals surface area contributed by atoms with Gasteiger partial charge in [0.25, 0.3) is 0 Å². The largest absolute Gasteiger partial charge is 0.497 e. The van der Waals surface area contributed by atoms with Gasteiger partial charge in [-0.2, -0.15) is 0 Å². The lowest BCUT2D eigenvalue weighted by Crippen LogP contribution is -2.04. The number of thiazole rings is 1. The summed E-state index contributed by atoms with van der Waals surface area (Å²) < 4.78 is 12.4. The van der Waals surface area contributed by atoms with Crippen molar-refractivity contribution in [1.82, 2.24) is 19.7 Å². The normalized spacial score (nSPS) is 10.9. The van der Waals surface area contributed by atoms with Gasteiger partial charge in [-0.25, -0.2) is 4.98 Å². The third kappa shape index (κ3) is 4.14. The predicted octanol–water partition coefficient (Wildman–Crippen LogP) is 3.35. The van der Waals surface area contributed by atoms with Gasteiger partial charge in [0.1, 0.15) is 17.1 Å². The Morgan fingerprint density at radius 3 is 3.04 bits per heavy atom. The molecule has 0 aliphatic carbocycles. The molecular weight excluding hydrogens is 344 g/mol. The Bertz CT molecular complexity index is 788. The van der Waals surface area contributed by atoms with Gasteiger partial charge >= 0.3 is 0 Å². The summed E-state index contributed by atoms with van der Waals surface area (Å²) in [6.07, 6.45) is 1.73. The van der Waals surface area contributed by atoms with E-state index in [9.17, 15) is 0 Å². The van der Waals surface area contributed by atoms with Crippen LogP contribution in [0, 0.1) is 0 Å². The first-order valence-electron chi connectivity index (χ1n) is 7.38. The maximum Gasteiger partial charge on any atom is 0.191 e. The highest BCUT2D eigenvalue weighted by atomic mass is 32.2. The zero-order valence-electron chi connectivity index (χ0n) is 13.5. The molecule has 0 radical (unpaired) electrons. The highest BCUT2D eigenvalue weighted by molar-refractivity contribution is 7.98. The molecule has 2 aromatic heterocycles. The minimum absolute atomic E-state index is 0.641. The third-order valence-electron chi connectivity index (χ3n) is 3.33. The maximum atomic E-state index is 5.27. The zero-order chi connectivity index (χ0) is 16.8. The van der Waals surface area contributed by atoms with Gasteiger partial charge < -0.3 is 14.0 Å². The number of thioether (sulfide) groups is 1. The lowest BCUT2D eigenvalue weighted by Gasteiger charge is -2.04. The first-order chi connectivity index (χ1) is 11.8. The van der Waals surface area contributed by atoms with Crippen molar-refractivity contribution in [2.75, 3.05) is 20.8 Å². The second kappa shape index (κ2) is 8.27. The van der Waals surface area contributed by atoms with Crippen molar-refractivity contribution in [3.05, 3.63) is 41.7 Å². The first kappa shape index (κ1) is 16.9. The van der Waals surface area contributed by atoms with Crippen LogP contribution in [0.5, 0.6) is 5.75 Å². The molecule has 1 aromatic carbocycles. The quantitative estimate of drug-likeness (QED) is 0.573. The molecule has 0 saturated heterocycles. The summed E-state index contributed by atoms with van der Waals surface area (Å²) in [5.74, 6) is 1.59. The summed E-state index contributed by atoms with van der Waals surface area (Å²) >= 11 is 3.26. The Labute approximate surface area is 148 Å². The van der Waals surface area contributed by atoms with Crippen LogP contribution in [0.2, 0.25) is 0 Å². The van der Waals surface area contributed by atoms with Gasteiger partial charge in [0.15, 0.2) is 5.16 Å². The number of hydrogen-bond acceptors (Lipinski definition) is 7. The molecule has 0 saturated carbocycles. The van der Waals surface area contributed by atoms with Gasteiger partial charge in [-0.15, -0.1) is 21.5 Å². The number of methoxy groups -OCH3 is 2. The van der Waals surface area contributed by atoms with E-state index in [-0.39, 0.29) is 0 Å². The predicted molar refractivity (Wildman–Crippen MR) is 95.6 cm³/mol. The average molecular weight is 362 g/mol. The molecule has 0 aliphatic heterocycles. The number of benzene rings is 1. The van der Waals surface area contributed by atoms with E-state index >= 15 is 0 Å². The average Bonchev–Trinajstić information content (AvgIpc) is 3.27. The van der Waals surface area contributed by atoms with E-state index in [1.165, 1.54) is 0 Å². The van der Waals surface area contributed by atoms with E-state index in [0.717, 1.165) is 39.5 Å². The molecule has 8 heteroatoms. The zero-order valence-corrected chi connectivity index (χ0v) is 15.1. The second-order valence-corrected chi connectivity index (χ2v) is 6.76. The summed E-state index contributed by atoms with van der Waals surface area (Å²) in [6.45, 7) is 1.39. The molecule has 0 amide bonds. The minimum Gasteiger partial charge on any atom is -0.497 e. The van der Waals surface area contributed by atoms with Crippen molar-refractivity contribution in [2.45, 2.75) is 17.5 Å². The number of hydrogen-bond donors (Lipinski definition) is 0. The molecule has 0 aliphatic rings. The van der Waals surface area contributed by atoms with Crippen LogP contribution in [-0.2, 0) is 17.0 Å². The van der Waals surface area contributed by atoms with Crippen LogP contribution in [0.1, 0.15) is 5.69 Å². The Morgan fingerprint density at radius 1 is 1.29 bits per heavy atom. The van der Waals surface area contributed by atoms with Crippen molar-refractivity contribution >= 4 is 23.1 Å². The van der Waals surface area contributed by atoms with E-state index in [1.807, 2.05) is 28.8 Å². The Balaban J connectivity index is 1.65. The molecule has 6 nitrogen and oxygen atoms in total. The van der Waals surface area contributed by atoms with Crippen LogP contribution in [0.25, 0.3) is 10.6 Å². The maximum absolute atomic E-state index is 5.27. The fourth-order valence-electron chi connectivity index (χ4n) is 2.10. The highest BCUT2D eigenvalue weighted by Crippen LogP contribution is 2.29. The first-order valence-corrected chi connectivity index (χ1v) is 9.25. The fraction of sp³-hybridized carbons (Fsp3) is 0.312. The number of nitrogens with zero attached hydrogens (tertiary/aromatic N) is 4. The summed E-state index contributed by atoms with van der Waals surface area (Å²) in [5, 5.41) is 12.1. The topological polar surface area (TPSA) is 62.1 Å². The van der Waals surface area contributed by atoms with Crippen molar-refractivity contribution in [1.29, 1.82) is 0 Å². The third-order valence-corrected chi connectivity index (χ3v) is 5.29. The Hall–Kier alpha value is -1.90. The van der Waals surface area contributed by atoms with E-state index in [4.69, 9.17) is 14.5 Å². The van der Waals surface area contributed by atoms with Crippen molar-refractivity contribution in [3.63, 3.8) is 0 Å². The highest BCUT2D eigenvalue weighted by Gasteiger charge is 2.09. The number of rotatable bonds is 8. The van der Waals surface area contributed by atoms with Gasteiger partial charge in [-0.1, -0.05) is 23.9 Å². The SMILES string of the molecule is COCCn1cnnc1SCc1csc(-c2cccc(OC)c2)n1. The van der Waals surface area contributed by atoms with Crippen LogP contribution in [-0.4, -0.2) is 40.6 Å². The monoisotopic (exact) mass is 362 g/mol. The van der Waals surface area contributed by atoms with Gasteiger partial charge in [-0.05, 0) is 12.1 Å². The van der Waals surface area contributed by atoms with Crippen LogP contribution in [0.4, 0.5) is 0 Å². The van der Waals surface area contributed by atoms with Crippen LogP contribution in [0.15, 0.2) is 41.1 Å². The van der Waals surface area contributed by atoms with Crippen LogP contribution >= 0.6 is 23.1 Å². The lowest BCUT2D eigenvalue weighted by molar-refractivity contribution is 0.184. The standard InChI is InChI=1S/C16H18N4O2S2/c1-21-7-6-20-11-17-19-16(20)24-10-13-9-23-15(18-13)12-4-3-5-14(8-12)22-2/h3-5,8-9,11H,6-7,10H2,1-2H3. The van der Waals surface area contributed by atoms with Gasteiger partial charge in [0.05, 0.1) is 19.4 Å². The van der Waals surface area contributed by atoms with Gasteiger partial charge in [-0.3, -0.25) is 0 Å². The molecule has 0 bridgehead atoms. The van der Waals surface area contributed by atoms with Crippen molar-refractivity contribution in [2.24, 2.45) is 0 Å². The molecule has 24 heavy (non-hydrogen) atoms. The van der Waals surface area contributed by atoms with E-state index in [1.54, 1.807) is 43.6 Å². The molecule has 3 aromatic rings. The fourth-order valence-corrected chi connectivity index (χ4v) is 3.86. The second-order valence-electron chi connectivity index (χ2n) is 4.96. The van der Waals surface area contributed by atoms with Gasteiger partial charge in [0.2, 0.25) is 0 Å². The number of aromatic nitrogens is 4. The minimum atomic E-state index is 0.641. The summed E-state index contributed by atoms with van der Waals surface area (Å²) in [6, 6.07) is 7.94. The lowest BCUT2D eigenvalue weighted by atomic mass is 10.2. The van der Waals surface area contributed by atoms with Crippen LogP contribution < -0.4 is 4.74 Å². The molecule has 0 fully saturated rings. The molecule has 0 unspecified atom stereocenters. The molecule has 2 heterocycles. The van der Waals surface area contributed by atoms with Crippen molar-refractivity contribution in [3.8, 4) is 16.3 Å². The molecule has 0 spiro atoms. The summed E-state index contributed by atoms with van der Waals surface area (Å²) in [4.78, 5) is 4.71. The van der Waals surface area contributed by atoms with Crippen molar-refractivity contribution < 1.29 is 9.47 Å². The number of ether oxygens (including phenoxy) is 2.